The van der Waals surface area contributed by atoms with Gasteiger partial charge in [0.2, 0.25) is 0 Å². The van der Waals surface area contributed by atoms with Crippen molar-refractivity contribution in [3.63, 3.8) is 0 Å². The van der Waals surface area contributed by atoms with Gasteiger partial charge in [-0.1, -0.05) is 12.1 Å². The lowest BCUT2D eigenvalue weighted by atomic mass is 10.1. The molecule has 1 N–H and O–H groups in total. The molecule has 0 unspecified atom stereocenters. The number of anilines is 1. The summed E-state index contributed by atoms with van der Waals surface area (Å²) in [5, 5.41) is 0. The van der Waals surface area contributed by atoms with Crippen LogP contribution in [0.5, 0.6) is 5.75 Å². The van der Waals surface area contributed by atoms with Crippen molar-refractivity contribution in [3.05, 3.63) is 60.3 Å². The monoisotopic (exact) mass is 387 g/mol. The van der Waals surface area contributed by atoms with Gasteiger partial charge in [-0.3, -0.25) is 4.72 Å². The highest BCUT2D eigenvalue weighted by molar-refractivity contribution is 7.92. The van der Waals surface area contributed by atoms with Crippen molar-refractivity contribution in [2.45, 2.75) is 24.3 Å². The van der Waals surface area contributed by atoms with Gasteiger partial charge in [0.25, 0.3) is 10.0 Å². The summed E-state index contributed by atoms with van der Waals surface area (Å²) >= 11 is 0. The quantitative estimate of drug-likeness (QED) is 0.728. The standard InChI is InChI=1S/C19H18FN3O3S/c1-26-17-8-7-14(20)11-18(17)27(24,25)22-15-5-2-4-13(10-15)16-12-21-19-6-3-9-23(16)19/h2,4-5,7-8,10-12,22H,3,6,9H2,1H3. The summed E-state index contributed by atoms with van der Waals surface area (Å²) in [5.41, 5.74) is 2.20. The highest BCUT2D eigenvalue weighted by atomic mass is 32.2. The third kappa shape index (κ3) is 3.28. The van der Waals surface area contributed by atoms with Gasteiger partial charge in [-0.05, 0) is 36.8 Å². The molecule has 0 fully saturated rings. The molecular formula is C19H18FN3O3S. The lowest BCUT2D eigenvalue weighted by Crippen LogP contribution is -2.14. The Bertz CT molecular complexity index is 1110. The van der Waals surface area contributed by atoms with Crippen LogP contribution in [0, 0.1) is 5.82 Å². The Morgan fingerprint density at radius 3 is 2.89 bits per heavy atom. The number of ether oxygens (including phenoxy) is 1. The van der Waals surface area contributed by atoms with E-state index in [4.69, 9.17) is 4.74 Å². The Balaban J connectivity index is 1.68. The van der Waals surface area contributed by atoms with E-state index in [1.807, 2.05) is 6.07 Å². The van der Waals surface area contributed by atoms with E-state index in [9.17, 15) is 12.8 Å². The number of fused-ring (bicyclic) bond motifs is 1. The minimum atomic E-state index is -4.01. The molecule has 0 saturated heterocycles. The van der Waals surface area contributed by atoms with Crippen molar-refractivity contribution in [2.75, 3.05) is 11.8 Å². The van der Waals surface area contributed by atoms with E-state index in [0.29, 0.717) is 5.69 Å². The molecule has 2 aromatic carbocycles. The van der Waals surface area contributed by atoms with Crippen LogP contribution in [0.15, 0.2) is 53.6 Å². The third-order valence-corrected chi connectivity index (χ3v) is 5.95. The SMILES string of the molecule is COc1ccc(F)cc1S(=O)(=O)Nc1cccc(-c2cnc3n2CCC3)c1. The van der Waals surface area contributed by atoms with Crippen LogP contribution in [0.25, 0.3) is 11.3 Å². The topological polar surface area (TPSA) is 73.2 Å². The number of nitrogens with zero attached hydrogens (tertiary/aromatic N) is 2. The van der Waals surface area contributed by atoms with Gasteiger partial charge >= 0.3 is 0 Å². The van der Waals surface area contributed by atoms with Crippen molar-refractivity contribution >= 4 is 15.7 Å². The first kappa shape index (κ1) is 17.5. The van der Waals surface area contributed by atoms with Crippen molar-refractivity contribution < 1.29 is 17.5 Å². The van der Waals surface area contributed by atoms with Gasteiger partial charge in [-0.15, -0.1) is 0 Å². The summed E-state index contributed by atoms with van der Waals surface area (Å²) in [6.45, 7) is 0.904. The Morgan fingerprint density at radius 1 is 1.22 bits per heavy atom. The maximum atomic E-state index is 13.6. The zero-order valence-corrected chi connectivity index (χ0v) is 15.5. The van der Waals surface area contributed by atoms with E-state index in [1.54, 1.807) is 24.4 Å². The van der Waals surface area contributed by atoms with Crippen LogP contribution < -0.4 is 9.46 Å². The lowest BCUT2D eigenvalue weighted by molar-refractivity contribution is 0.401. The fourth-order valence-corrected chi connectivity index (χ4v) is 4.53. The maximum Gasteiger partial charge on any atom is 0.265 e. The number of hydrogen-bond acceptors (Lipinski definition) is 4. The summed E-state index contributed by atoms with van der Waals surface area (Å²) in [6, 6.07) is 10.4. The number of aromatic nitrogens is 2. The summed E-state index contributed by atoms with van der Waals surface area (Å²) in [7, 11) is -2.67. The highest BCUT2D eigenvalue weighted by Gasteiger charge is 2.21. The fraction of sp³-hybridized carbons (Fsp3) is 0.211. The Kier molecular flexibility index (Phi) is 4.35. The van der Waals surface area contributed by atoms with Crippen LogP contribution in [0.3, 0.4) is 0 Å². The van der Waals surface area contributed by atoms with Gasteiger partial charge in [0.05, 0.1) is 19.0 Å². The van der Waals surface area contributed by atoms with Crippen LogP contribution >= 0.6 is 0 Å². The highest BCUT2D eigenvalue weighted by Crippen LogP contribution is 2.30. The number of benzene rings is 2. The molecule has 0 spiro atoms. The lowest BCUT2D eigenvalue weighted by Gasteiger charge is -2.13. The molecule has 140 valence electrons. The molecule has 0 atom stereocenters. The van der Waals surface area contributed by atoms with E-state index < -0.39 is 15.8 Å². The summed E-state index contributed by atoms with van der Waals surface area (Å²) in [5.74, 6) is 0.467. The van der Waals surface area contributed by atoms with Gasteiger partial charge in [-0.25, -0.2) is 17.8 Å². The van der Waals surface area contributed by atoms with Gasteiger partial charge in [0, 0.05) is 24.2 Å². The molecule has 0 radical (unpaired) electrons. The van der Waals surface area contributed by atoms with E-state index in [2.05, 4.69) is 14.3 Å². The summed E-state index contributed by atoms with van der Waals surface area (Å²) in [6.07, 6.45) is 3.81. The van der Waals surface area contributed by atoms with Crippen LogP contribution in [0.4, 0.5) is 10.1 Å². The molecule has 1 aliphatic heterocycles. The van der Waals surface area contributed by atoms with E-state index in [0.717, 1.165) is 48.6 Å². The van der Waals surface area contributed by atoms with E-state index in [-0.39, 0.29) is 10.6 Å². The van der Waals surface area contributed by atoms with Crippen molar-refractivity contribution in [2.24, 2.45) is 0 Å². The zero-order chi connectivity index (χ0) is 19.0. The minimum absolute atomic E-state index is 0.0775. The second-order valence-electron chi connectivity index (χ2n) is 6.30. The molecule has 8 heteroatoms. The molecule has 0 saturated carbocycles. The smallest absolute Gasteiger partial charge is 0.265 e. The second kappa shape index (κ2) is 6.70. The van der Waals surface area contributed by atoms with Gasteiger partial charge < -0.3 is 9.30 Å². The number of nitrogens with one attached hydrogen (secondary N) is 1. The maximum absolute atomic E-state index is 13.6. The molecule has 0 bridgehead atoms. The van der Waals surface area contributed by atoms with Gasteiger partial charge in [0.15, 0.2) is 0 Å². The molecule has 3 aromatic rings. The molecule has 6 nitrogen and oxygen atoms in total. The predicted molar refractivity (Wildman–Crippen MR) is 99.7 cm³/mol. The molecule has 27 heavy (non-hydrogen) atoms. The normalized spacial score (nSPS) is 13.4. The Morgan fingerprint density at radius 2 is 2.07 bits per heavy atom. The summed E-state index contributed by atoms with van der Waals surface area (Å²) in [4.78, 5) is 4.17. The molecule has 0 aliphatic carbocycles. The molecule has 0 amide bonds. The van der Waals surface area contributed by atoms with Gasteiger partial charge in [0.1, 0.15) is 22.3 Å². The van der Waals surface area contributed by atoms with Crippen molar-refractivity contribution in [1.29, 1.82) is 0 Å². The number of rotatable bonds is 5. The van der Waals surface area contributed by atoms with E-state index >= 15 is 0 Å². The number of sulfonamides is 1. The van der Waals surface area contributed by atoms with Crippen LogP contribution in [-0.2, 0) is 23.0 Å². The average molecular weight is 387 g/mol. The first-order chi connectivity index (χ1) is 13.0. The average Bonchev–Trinajstić information content (AvgIpc) is 3.25. The number of methoxy groups -OCH3 is 1. The Labute approximate surface area is 156 Å². The van der Waals surface area contributed by atoms with Crippen molar-refractivity contribution in [1.82, 2.24) is 9.55 Å². The molecule has 1 aromatic heterocycles. The number of halogens is 1. The van der Waals surface area contributed by atoms with Crippen LogP contribution in [-0.4, -0.2) is 25.1 Å². The number of imidazole rings is 1. The predicted octanol–water partition coefficient (Wildman–Crippen LogP) is 3.44. The molecule has 1 aliphatic rings. The zero-order valence-electron chi connectivity index (χ0n) is 14.6. The van der Waals surface area contributed by atoms with Crippen LogP contribution in [0.1, 0.15) is 12.2 Å². The summed E-state index contributed by atoms with van der Waals surface area (Å²) < 4.78 is 48.8. The largest absolute Gasteiger partial charge is 0.495 e. The second-order valence-corrected chi connectivity index (χ2v) is 7.95. The van der Waals surface area contributed by atoms with Crippen LogP contribution in [0.2, 0.25) is 0 Å². The van der Waals surface area contributed by atoms with E-state index in [1.165, 1.54) is 13.2 Å². The molecule has 2 heterocycles. The first-order valence-electron chi connectivity index (χ1n) is 8.49. The molecular weight excluding hydrogens is 369 g/mol. The third-order valence-electron chi connectivity index (χ3n) is 4.55. The first-order valence-corrected chi connectivity index (χ1v) is 9.97. The minimum Gasteiger partial charge on any atom is -0.495 e. The van der Waals surface area contributed by atoms with Crippen molar-refractivity contribution in [3.8, 4) is 17.0 Å². The number of hydrogen-bond donors (Lipinski definition) is 1. The molecule has 4 rings (SSSR count). The fourth-order valence-electron chi connectivity index (χ4n) is 3.30. The van der Waals surface area contributed by atoms with Gasteiger partial charge in [-0.2, -0.15) is 0 Å². The Hall–Kier alpha value is -2.87. The number of aryl methyl sites for hydroxylation is 1.